The van der Waals surface area contributed by atoms with E-state index in [9.17, 15) is 14.1 Å². The number of aromatic hydroxyl groups is 1. The first-order valence-electron chi connectivity index (χ1n) is 11.6. The van der Waals surface area contributed by atoms with E-state index >= 15 is 0 Å². The molecular weight excluding hydrogens is 454 g/mol. The van der Waals surface area contributed by atoms with Crippen molar-refractivity contribution in [3.63, 3.8) is 0 Å². The number of phenolic OH excluding ortho intramolecular Hbond substituents is 1. The molecule has 0 spiro atoms. The number of hydrogen-bond acceptors (Lipinski definition) is 6. The monoisotopic (exact) mass is 495 g/mol. The van der Waals surface area contributed by atoms with Crippen molar-refractivity contribution in [2.75, 3.05) is 32.6 Å². The van der Waals surface area contributed by atoms with E-state index in [1.54, 1.807) is 26.2 Å². The molecular formula is C24H41N5O4S. The second kappa shape index (κ2) is 16.7. The van der Waals surface area contributed by atoms with Crippen LogP contribution in [0.2, 0.25) is 0 Å². The molecule has 0 aromatic heterocycles. The molecule has 1 amide bonds. The molecule has 192 valence electrons. The van der Waals surface area contributed by atoms with Crippen LogP contribution in [-0.4, -0.2) is 59.0 Å². The minimum atomic E-state index is -1.78. The molecule has 1 heterocycles. The van der Waals surface area contributed by atoms with Gasteiger partial charge in [-0.15, -0.1) is 8.80 Å². The molecule has 0 saturated carbocycles. The van der Waals surface area contributed by atoms with E-state index in [-0.39, 0.29) is 34.6 Å². The van der Waals surface area contributed by atoms with Crippen LogP contribution in [0.25, 0.3) is 0 Å². The Balaban J connectivity index is 0.00000201. The second-order valence-electron chi connectivity index (χ2n) is 7.51. The molecule has 2 rings (SSSR count). The van der Waals surface area contributed by atoms with Crippen LogP contribution in [0.1, 0.15) is 65.2 Å². The van der Waals surface area contributed by atoms with E-state index in [0.717, 1.165) is 5.76 Å². The first-order valence-corrected chi connectivity index (χ1v) is 12.7. The minimum Gasteiger partial charge on any atom is -0.505 e. The topological polar surface area (TPSA) is 116 Å². The molecule has 1 aromatic carbocycles. The summed E-state index contributed by atoms with van der Waals surface area (Å²) in [5, 5.41) is 16.4. The third-order valence-electron chi connectivity index (χ3n) is 3.77. The number of benzene rings is 1. The fourth-order valence-corrected chi connectivity index (χ4v) is 3.17. The number of hydrogen-bond donors (Lipinski definition) is 3. The van der Waals surface area contributed by atoms with Crippen molar-refractivity contribution in [1.82, 2.24) is 10.2 Å². The lowest BCUT2D eigenvalue weighted by molar-refractivity contribution is 0.0824. The molecule has 0 saturated heterocycles. The molecule has 3 N–H and O–H groups in total. The van der Waals surface area contributed by atoms with Crippen LogP contribution < -0.4 is 10.6 Å². The Morgan fingerprint density at radius 3 is 2.29 bits per heavy atom. The summed E-state index contributed by atoms with van der Waals surface area (Å²) in [4.78, 5) is 13.6. The summed E-state index contributed by atoms with van der Waals surface area (Å²) in [5.74, 6) is 0.965. The van der Waals surface area contributed by atoms with Gasteiger partial charge in [0.1, 0.15) is 5.76 Å². The van der Waals surface area contributed by atoms with Crippen molar-refractivity contribution in [1.29, 1.82) is 0 Å². The molecule has 1 unspecified atom stereocenters. The fraction of sp³-hybridized carbons (Fsp3) is 0.542. The zero-order valence-corrected chi connectivity index (χ0v) is 22.7. The molecule has 1 atom stereocenters. The average molecular weight is 496 g/mol. The van der Waals surface area contributed by atoms with Gasteiger partial charge in [0.05, 0.1) is 24.4 Å². The average Bonchev–Trinajstić information content (AvgIpc) is 3.13. The maximum Gasteiger partial charge on any atom is 0.269 e. The van der Waals surface area contributed by atoms with E-state index in [1.807, 2.05) is 40.7 Å². The number of para-hydroxylation sites is 1. The maximum atomic E-state index is 12.2. The van der Waals surface area contributed by atoms with Gasteiger partial charge < -0.3 is 25.4 Å². The van der Waals surface area contributed by atoms with Gasteiger partial charge in [0.25, 0.3) is 17.1 Å². The number of nitrogens with zero attached hydrogens (tertiary/aromatic N) is 3. The van der Waals surface area contributed by atoms with E-state index in [2.05, 4.69) is 33.3 Å². The Hall–Kier alpha value is -2.88. The number of carbonyl (C=O) groups excluding carboxylic acids is 1. The molecule has 9 nitrogen and oxygen atoms in total. The number of ether oxygens (including phenoxy) is 1. The maximum absolute atomic E-state index is 12.2. The van der Waals surface area contributed by atoms with Crippen molar-refractivity contribution >= 4 is 34.4 Å². The van der Waals surface area contributed by atoms with Gasteiger partial charge in [-0.25, -0.2) is 4.21 Å². The number of amides is 1. The van der Waals surface area contributed by atoms with Gasteiger partial charge in [0.2, 0.25) is 0 Å². The quantitative estimate of drug-likeness (QED) is 0.379. The smallest absolute Gasteiger partial charge is 0.269 e. The lowest BCUT2D eigenvalue weighted by atomic mass is 10.1. The van der Waals surface area contributed by atoms with Crippen LogP contribution >= 0.6 is 0 Å². The van der Waals surface area contributed by atoms with Crippen molar-refractivity contribution in [3.05, 3.63) is 35.6 Å². The second-order valence-corrected chi connectivity index (χ2v) is 8.33. The number of rotatable bonds is 7. The van der Waals surface area contributed by atoms with Crippen molar-refractivity contribution in [2.45, 2.75) is 54.9 Å². The van der Waals surface area contributed by atoms with E-state index in [0.29, 0.717) is 19.1 Å². The molecule has 0 fully saturated rings. The van der Waals surface area contributed by atoms with Gasteiger partial charge in [-0.1, -0.05) is 54.0 Å². The predicted molar refractivity (Wildman–Crippen MR) is 143 cm³/mol. The Bertz CT molecular complexity index is 895. The van der Waals surface area contributed by atoms with Gasteiger partial charge in [0, 0.05) is 14.1 Å². The van der Waals surface area contributed by atoms with E-state index in [4.69, 9.17) is 4.74 Å². The zero-order valence-electron chi connectivity index (χ0n) is 21.9. The van der Waals surface area contributed by atoms with Crippen LogP contribution in [0, 0.1) is 5.92 Å². The lowest BCUT2D eigenvalue weighted by Crippen LogP contribution is -2.35. The molecule has 1 aromatic rings. The summed E-state index contributed by atoms with van der Waals surface area (Å²) in [5.41, 5.74) is 0.400. The van der Waals surface area contributed by atoms with Crippen LogP contribution in [0.5, 0.6) is 5.75 Å². The van der Waals surface area contributed by atoms with Crippen LogP contribution in [-0.2, 0) is 15.9 Å². The van der Waals surface area contributed by atoms with Gasteiger partial charge in [0.15, 0.2) is 17.4 Å². The highest BCUT2D eigenvalue weighted by atomic mass is 32.2. The summed E-state index contributed by atoms with van der Waals surface area (Å²) in [6.07, 6.45) is 3.23. The summed E-state index contributed by atoms with van der Waals surface area (Å²) in [6, 6.07) is 4.75. The standard InChI is InChI=1S/C19H27N5O4S.C3H8.C2H6/c1-6-28-13(10-12(2)3)11-20-17-18(23-29(27)22-17)21-15-9-7-8-14(16(15)25)19(26)24(4)5;1-3-2;1-2/h7-10,12,25H,6,11H2,1-5H3,(H,20,22)(H,21,23);3H2,1-2H3;1-2H3/b13-10-;;. The zero-order chi connectivity index (χ0) is 26.3. The fourth-order valence-electron chi connectivity index (χ4n) is 2.53. The first-order chi connectivity index (χ1) is 16.1. The van der Waals surface area contributed by atoms with Crippen molar-refractivity contribution in [2.24, 2.45) is 14.7 Å². The first kappa shape index (κ1) is 31.1. The Kier molecular flexibility index (Phi) is 15.3. The largest absolute Gasteiger partial charge is 0.505 e. The van der Waals surface area contributed by atoms with Crippen molar-refractivity contribution < 1.29 is 18.8 Å². The number of anilines is 1. The Labute approximate surface area is 207 Å². The molecule has 10 heteroatoms. The van der Waals surface area contributed by atoms with Crippen molar-refractivity contribution in [3.8, 4) is 5.75 Å². The third-order valence-corrected chi connectivity index (χ3v) is 4.45. The predicted octanol–water partition coefficient (Wildman–Crippen LogP) is 4.50. The van der Waals surface area contributed by atoms with Gasteiger partial charge in [-0.05, 0) is 31.1 Å². The summed E-state index contributed by atoms with van der Waals surface area (Å²) >= 11 is -1.78. The molecule has 0 aliphatic carbocycles. The molecule has 0 bridgehead atoms. The van der Waals surface area contributed by atoms with Crippen LogP contribution in [0.4, 0.5) is 5.69 Å². The van der Waals surface area contributed by atoms with E-state index < -0.39 is 11.2 Å². The highest BCUT2D eigenvalue weighted by Gasteiger charge is 2.22. The van der Waals surface area contributed by atoms with E-state index in [1.165, 1.54) is 17.4 Å². The van der Waals surface area contributed by atoms with Crippen LogP contribution in [0.3, 0.4) is 0 Å². The number of nitrogens with one attached hydrogen (secondary N) is 2. The number of amidine groups is 2. The molecule has 0 radical (unpaired) electrons. The minimum absolute atomic E-state index is 0.143. The molecule has 1 aliphatic heterocycles. The van der Waals surface area contributed by atoms with Crippen LogP contribution in [0.15, 0.2) is 38.8 Å². The lowest BCUT2D eigenvalue weighted by Gasteiger charge is -2.16. The summed E-state index contributed by atoms with van der Waals surface area (Å²) < 4.78 is 25.4. The van der Waals surface area contributed by atoms with Gasteiger partial charge in [-0.2, -0.15) is 0 Å². The summed E-state index contributed by atoms with van der Waals surface area (Å²) in [7, 11) is 3.20. The van der Waals surface area contributed by atoms with Gasteiger partial charge in [-0.3, -0.25) is 4.79 Å². The molecule has 34 heavy (non-hydrogen) atoms. The van der Waals surface area contributed by atoms with Gasteiger partial charge >= 0.3 is 0 Å². The molecule has 1 aliphatic rings. The number of allylic oxidation sites excluding steroid dienone is 1. The number of carbonyl (C=O) groups is 1. The highest BCUT2D eigenvalue weighted by molar-refractivity contribution is 7.83. The highest BCUT2D eigenvalue weighted by Crippen LogP contribution is 2.28. The number of phenols is 1. The Morgan fingerprint density at radius 2 is 1.76 bits per heavy atom. The SMILES string of the molecule is CC.CCC.CCO/C(=C\C(C)C)CNC1=NS(=O)N=C1Nc1cccc(C(=O)N(C)C)c1O. The third kappa shape index (κ3) is 10.4. The Morgan fingerprint density at radius 1 is 1.18 bits per heavy atom. The normalized spacial score (nSPS) is 14.6. The summed E-state index contributed by atoms with van der Waals surface area (Å²) in [6.45, 7) is 15.1.